The molecule has 0 aliphatic carbocycles. The molecule has 0 spiro atoms. The van der Waals surface area contributed by atoms with Crippen molar-refractivity contribution >= 4 is 22.9 Å². The number of nitrogens with zero attached hydrogens (tertiary/aromatic N) is 1. The topological polar surface area (TPSA) is 49.5 Å². The van der Waals surface area contributed by atoms with Crippen LogP contribution in [0.2, 0.25) is 0 Å². The van der Waals surface area contributed by atoms with Crippen LogP contribution in [-0.4, -0.2) is 28.8 Å². The Morgan fingerprint density at radius 1 is 1.32 bits per heavy atom. The number of piperidine rings is 1. The number of rotatable bonds is 2. The van der Waals surface area contributed by atoms with Crippen molar-refractivity contribution in [1.29, 1.82) is 0 Å². The van der Waals surface area contributed by atoms with Crippen LogP contribution >= 0.6 is 12.2 Å². The fourth-order valence-corrected chi connectivity index (χ4v) is 2.34. The van der Waals surface area contributed by atoms with Crippen LogP contribution in [-0.2, 0) is 0 Å². The Balaban J connectivity index is 2.29. The highest BCUT2D eigenvalue weighted by molar-refractivity contribution is 7.80. The molecule has 0 aromatic heterocycles. The van der Waals surface area contributed by atoms with Gasteiger partial charge in [-0.2, -0.15) is 0 Å². The van der Waals surface area contributed by atoms with E-state index in [9.17, 15) is 13.9 Å². The number of thiocarbonyl (C=S) groups is 1. The van der Waals surface area contributed by atoms with Gasteiger partial charge in [-0.1, -0.05) is 12.2 Å². The lowest BCUT2D eigenvalue weighted by Crippen LogP contribution is -2.43. The Morgan fingerprint density at radius 3 is 2.21 bits per heavy atom. The molecule has 2 rings (SSSR count). The normalized spacial score (nSPS) is 18.4. The number of nitrogens with two attached hydrogens (primary N) is 1. The van der Waals surface area contributed by atoms with Crippen molar-refractivity contribution < 1.29 is 13.9 Å². The van der Waals surface area contributed by atoms with E-state index >= 15 is 0 Å². The summed E-state index contributed by atoms with van der Waals surface area (Å²) in [4.78, 5) is 1.57. The zero-order chi connectivity index (χ0) is 14.2. The van der Waals surface area contributed by atoms with Gasteiger partial charge in [-0.05, 0) is 31.9 Å². The van der Waals surface area contributed by atoms with Gasteiger partial charge >= 0.3 is 0 Å². The molecular formula is C13H16F2N2OS. The van der Waals surface area contributed by atoms with Gasteiger partial charge in [-0.15, -0.1) is 0 Å². The molecule has 0 amide bonds. The lowest BCUT2D eigenvalue weighted by atomic mass is 9.93. The summed E-state index contributed by atoms with van der Waals surface area (Å²) < 4.78 is 28.0. The van der Waals surface area contributed by atoms with E-state index in [2.05, 4.69) is 0 Å². The Morgan fingerprint density at radius 2 is 1.79 bits per heavy atom. The summed E-state index contributed by atoms with van der Waals surface area (Å²) in [6.45, 7) is 2.55. The first-order valence-electron chi connectivity index (χ1n) is 6.06. The number of benzene rings is 1. The van der Waals surface area contributed by atoms with Gasteiger partial charge in [0.15, 0.2) is 0 Å². The van der Waals surface area contributed by atoms with E-state index in [0.717, 1.165) is 12.1 Å². The standard InChI is InChI=1S/C13H16F2N2OS/c1-13(18)2-4-17(5-3-13)11-9(14)6-8(12(16)19)7-10(11)15/h6-7,18H,2-5H2,1H3,(H2,16,19). The third-order valence-electron chi connectivity index (χ3n) is 3.46. The molecule has 1 aromatic carbocycles. The van der Waals surface area contributed by atoms with Crippen molar-refractivity contribution in [2.24, 2.45) is 5.73 Å². The highest BCUT2D eigenvalue weighted by Crippen LogP contribution is 2.30. The minimum absolute atomic E-state index is 0.0362. The largest absolute Gasteiger partial charge is 0.390 e. The van der Waals surface area contributed by atoms with E-state index < -0.39 is 17.2 Å². The van der Waals surface area contributed by atoms with Crippen molar-refractivity contribution in [3.63, 3.8) is 0 Å². The minimum Gasteiger partial charge on any atom is -0.390 e. The van der Waals surface area contributed by atoms with Crippen LogP contribution in [0.4, 0.5) is 14.5 Å². The molecule has 1 aliphatic heterocycles. The summed E-state index contributed by atoms with van der Waals surface area (Å²) in [6.07, 6.45) is 0.950. The maximum Gasteiger partial charge on any atom is 0.150 e. The molecule has 3 nitrogen and oxygen atoms in total. The molecule has 0 unspecified atom stereocenters. The second-order valence-corrected chi connectivity index (χ2v) is 5.58. The smallest absolute Gasteiger partial charge is 0.150 e. The second kappa shape index (κ2) is 5.02. The lowest BCUT2D eigenvalue weighted by Gasteiger charge is -2.37. The van der Waals surface area contributed by atoms with Gasteiger partial charge in [0.2, 0.25) is 0 Å². The maximum absolute atomic E-state index is 14.0. The monoisotopic (exact) mass is 286 g/mol. The highest BCUT2D eigenvalue weighted by atomic mass is 32.1. The van der Waals surface area contributed by atoms with E-state index in [1.807, 2.05) is 0 Å². The van der Waals surface area contributed by atoms with Gasteiger partial charge in [0.1, 0.15) is 22.3 Å². The third kappa shape index (κ3) is 3.01. The zero-order valence-electron chi connectivity index (χ0n) is 10.6. The molecule has 1 saturated heterocycles. The summed E-state index contributed by atoms with van der Waals surface area (Å²) in [7, 11) is 0. The van der Waals surface area contributed by atoms with Crippen LogP contribution in [0.1, 0.15) is 25.3 Å². The van der Waals surface area contributed by atoms with Crippen LogP contribution in [0.15, 0.2) is 12.1 Å². The zero-order valence-corrected chi connectivity index (χ0v) is 11.4. The molecule has 1 heterocycles. The number of halogens is 2. The minimum atomic E-state index is -0.762. The van der Waals surface area contributed by atoms with E-state index in [4.69, 9.17) is 18.0 Å². The number of hydrogen-bond donors (Lipinski definition) is 2. The van der Waals surface area contributed by atoms with Crippen molar-refractivity contribution in [3.05, 3.63) is 29.3 Å². The van der Waals surface area contributed by atoms with Crippen LogP contribution in [0.5, 0.6) is 0 Å². The first-order valence-corrected chi connectivity index (χ1v) is 6.47. The molecule has 0 bridgehead atoms. The van der Waals surface area contributed by atoms with E-state index in [0.29, 0.717) is 25.9 Å². The van der Waals surface area contributed by atoms with Crippen LogP contribution < -0.4 is 10.6 Å². The predicted molar refractivity (Wildman–Crippen MR) is 74.3 cm³/mol. The average Bonchev–Trinajstić information content (AvgIpc) is 2.30. The Bertz CT molecular complexity index is 486. The van der Waals surface area contributed by atoms with Crippen molar-refractivity contribution in [2.45, 2.75) is 25.4 Å². The second-order valence-electron chi connectivity index (χ2n) is 5.14. The van der Waals surface area contributed by atoms with Crippen LogP contribution in [0, 0.1) is 11.6 Å². The highest BCUT2D eigenvalue weighted by Gasteiger charge is 2.30. The van der Waals surface area contributed by atoms with E-state index in [-0.39, 0.29) is 16.2 Å². The maximum atomic E-state index is 14.0. The van der Waals surface area contributed by atoms with Gasteiger partial charge in [0, 0.05) is 18.7 Å². The van der Waals surface area contributed by atoms with Gasteiger partial charge in [0.25, 0.3) is 0 Å². The van der Waals surface area contributed by atoms with Gasteiger partial charge in [0.05, 0.1) is 5.60 Å². The van der Waals surface area contributed by atoms with Crippen molar-refractivity contribution in [2.75, 3.05) is 18.0 Å². The lowest BCUT2D eigenvalue weighted by molar-refractivity contribution is 0.0349. The predicted octanol–water partition coefficient (Wildman–Crippen LogP) is 1.95. The quantitative estimate of drug-likeness (QED) is 0.816. The van der Waals surface area contributed by atoms with Crippen LogP contribution in [0.25, 0.3) is 0 Å². The molecule has 3 N–H and O–H groups in total. The summed E-state index contributed by atoms with van der Waals surface area (Å²) >= 11 is 4.71. The molecule has 104 valence electrons. The molecule has 1 aromatic rings. The van der Waals surface area contributed by atoms with Crippen molar-refractivity contribution in [3.8, 4) is 0 Å². The Kier molecular flexibility index (Phi) is 3.73. The fourth-order valence-electron chi connectivity index (χ4n) is 2.22. The molecule has 1 aliphatic rings. The first-order chi connectivity index (χ1) is 8.80. The summed E-state index contributed by atoms with van der Waals surface area (Å²) in [5.74, 6) is -1.35. The third-order valence-corrected chi connectivity index (χ3v) is 3.69. The molecule has 1 fully saturated rings. The Labute approximate surface area is 116 Å². The summed E-state index contributed by atoms with van der Waals surface area (Å²) in [5, 5.41) is 9.85. The number of aliphatic hydroxyl groups is 1. The summed E-state index contributed by atoms with van der Waals surface area (Å²) in [6, 6.07) is 2.29. The molecule has 0 saturated carbocycles. The molecule has 6 heteroatoms. The number of hydrogen-bond acceptors (Lipinski definition) is 3. The average molecular weight is 286 g/mol. The molecule has 0 atom stereocenters. The van der Waals surface area contributed by atoms with E-state index in [1.165, 1.54) is 0 Å². The molecule has 0 radical (unpaired) electrons. The van der Waals surface area contributed by atoms with Crippen LogP contribution in [0.3, 0.4) is 0 Å². The fraction of sp³-hybridized carbons (Fsp3) is 0.462. The van der Waals surface area contributed by atoms with Crippen molar-refractivity contribution in [1.82, 2.24) is 0 Å². The molecule has 19 heavy (non-hydrogen) atoms. The van der Waals surface area contributed by atoms with E-state index in [1.54, 1.807) is 11.8 Å². The van der Waals surface area contributed by atoms with Gasteiger partial charge in [-0.25, -0.2) is 8.78 Å². The Hall–Kier alpha value is -1.27. The SMILES string of the molecule is CC1(O)CCN(c2c(F)cc(C(N)=S)cc2F)CC1. The van der Waals surface area contributed by atoms with Gasteiger partial charge in [-0.3, -0.25) is 0 Å². The first kappa shape index (κ1) is 14.1. The summed E-state index contributed by atoms with van der Waals surface area (Å²) in [5.41, 5.74) is 4.71. The van der Waals surface area contributed by atoms with Gasteiger partial charge < -0.3 is 15.7 Å². The molecular weight excluding hydrogens is 270 g/mol. The number of anilines is 1.